The predicted octanol–water partition coefficient (Wildman–Crippen LogP) is 3.66. The summed E-state index contributed by atoms with van der Waals surface area (Å²) in [4.78, 5) is 6.42. The van der Waals surface area contributed by atoms with Gasteiger partial charge in [-0.1, -0.05) is 0 Å². The van der Waals surface area contributed by atoms with Crippen molar-refractivity contribution < 1.29 is 0 Å². The second-order valence-corrected chi connectivity index (χ2v) is 5.64. The first-order valence-corrected chi connectivity index (χ1v) is 6.33. The van der Waals surface area contributed by atoms with E-state index in [2.05, 4.69) is 9.97 Å². The third-order valence-corrected chi connectivity index (χ3v) is 4.41. The fourth-order valence-corrected chi connectivity index (χ4v) is 4.20. The molecule has 0 aromatic carbocycles. The van der Waals surface area contributed by atoms with Crippen molar-refractivity contribution in [3.8, 4) is 0 Å². The summed E-state index contributed by atoms with van der Waals surface area (Å²) in [7, 11) is 0. The molecule has 4 saturated carbocycles. The van der Waals surface area contributed by atoms with Crippen LogP contribution in [0.15, 0.2) is 18.7 Å². The van der Waals surface area contributed by atoms with Crippen molar-refractivity contribution in [1.29, 1.82) is 0 Å². The Morgan fingerprint density at radius 3 is 1.44 bits per heavy atom. The zero-order chi connectivity index (χ0) is 10.1. The summed E-state index contributed by atoms with van der Waals surface area (Å²) >= 11 is 0. The SMILES string of the molecule is C1C2CC3CC1CC(C2)C3.Cl.c1c[nH]cn1. The standard InChI is InChI=1S/C10H16.C3H4N2.ClH/c1-7-2-9-4-8(1)5-10(3-7)6-9;1-2-5-3-4-1;/h7-10H,1-6H2;1-3H,(H,4,5);1H. The smallest absolute Gasteiger partial charge is 0.0919 e. The lowest BCUT2D eigenvalue weighted by molar-refractivity contribution is 0.0198. The Labute approximate surface area is 104 Å². The Kier molecular flexibility index (Phi) is 3.91. The van der Waals surface area contributed by atoms with Crippen LogP contribution in [0.2, 0.25) is 0 Å². The molecule has 5 rings (SSSR count). The molecule has 16 heavy (non-hydrogen) atoms. The summed E-state index contributed by atoms with van der Waals surface area (Å²) < 4.78 is 0. The highest BCUT2D eigenvalue weighted by Gasteiger charge is 2.41. The van der Waals surface area contributed by atoms with Gasteiger partial charge in [0.15, 0.2) is 0 Å². The molecule has 4 aliphatic rings. The van der Waals surface area contributed by atoms with Crippen LogP contribution in [-0.4, -0.2) is 9.97 Å². The van der Waals surface area contributed by atoms with E-state index < -0.39 is 0 Å². The van der Waals surface area contributed by atoms with Crippen LogP contribution in [-0.2, 0) is 0 Å². The Morgan fingerprint density at radius 2 is 1.25 bits per heavy atom. The van der Waals surface area contributed by atoms with Crippen molar-refractivity contribution in [3.05, 3.63) is 18.7 Å². The Bertz CT molecular complexity index is 223. The fourth-order valence-electron chi connectivity index (χ4n) is 4.20. The summed E-state index contributed by atoms with van der Waals surface area (Å²) in [6.07, 6.45) is 14.7. The maximum Gasteiger partial charge on any atom is 0.0919 e. The number of H-pyrrole nitrogens is 1. The van der Waals surface area contributed by atoms with E-state index in [0.29, 0.717) is 0 Å². The van der Waals surface area contributed by atoms with Crippen molar-refractivity contribution in [2.45, 2.75) is 38.5 Å². The molecule has 1 aromatic rings. The lowest BCUT2D eigenvalue weighted by Gasteiger charge is -2.49. The molecule has 4 fully saturated rings. The molecule has 4 aliphatic carbocycles. The maximum atomic E-state index is 3.67. The summed E-state index contributed by atoms with van der Waals surface area (Å²) in [5.74, 6) is 4.71. The van der Waals surface area contributed by atoms with Crippen LogP contribution in [0.25, 0.3) is 0 Å². The number of hydrogen-bond acceptors (Lipinski definition) is 1. The van der Waals surface area contributed by atoms with Crippen LogP contribution in [0.5, 0.6) is 0 Å². The Balaban J connectivity index is 0.000000139. The number of rotatable bonds is 0. The van der Waals surface area contributed by atoms with Gasteiger partial charge in [0.2, 0.25) is 0 Å². The first kappa shape index (κ1) is 12.0. The minimum atomic E-state index is 0. The van der Waals surface area contributed by atoms with Crippen LogP contribution in [0.3, 0.4) is 0 Å². The zero-order valence-electron chi connectivity index (χ0n) is 9.64. The molecule has 4 bridgehead atoms. The molecule has 0 amide bonds. The third-order valence-electron chi connectivity index (χ3n) is 4.41. The number of hydrogen-bond donors (Lipinski definition) is 1. The van der Waals surface area contributed by atoms with E-state index in [1.54, 1.807) is 57.2 Å². The van der Waals surface area contributed by atoms with Crippen molar-refractivity contribution in [2.75, 3.05) is 0 Å². The van der Waals surface area contributed by atoms with Crippen molar-refractivity contribution in [3.63, 3.8) is 0 Å². The number of aromatic amines is 1. The predicted molar refractivity (Wildman–Crippen MR) is 67.5 cm³/mol. The Morgan fingerprint density at radius 1 is 0.812 bits per heavy atom. The number of aromatic nitrogens is 2. The average Bonchev–Trinajstić information content (AvgIpc) is 2.72. The molecule has 3 heteroatoms. The molecule has 2 nitrogen and oxygen atoms in total. The second kappa shape index (κ2) is 5.22. The van der Waals surface area contributed by atoms with Crippen molar-refractivity contribution in [2.24, 2.45) is 23.7 Å². The molecule has 0 radical (unpaired) electrons. The van der Waals surface area contributed by atoms with Crippen LogP contribution in [0.4, 0.5) is 0 Å². The number of imidazole rings is 1. The van der Waals surface area contributed by atoms with Gasteiger partial charge in [-0.3, -0.25) is 0 Å². The highest BCUT2D eigenvalue weighted by Crippen LogP contribution is 2.53. The molecule has 0 spiro atoms. The number of nitrogens with one attached hydrogen (secondary N) is 1. The zero-order valence-corrected chi connectivity index (χ0v) is 10.5. The number of halogens is 1. The van der Waals surface area contributed by atoms with Gasteiger partial charge in [0.25, 0.3) is 0 Å². The fraction of sp³-hybridized carbons (Fsp3) is 0.769. The van der Waals surface area contributed by atoms with Crippen LogP contribution in [0, 0.1) is 23.7 Å². The lowest BCUT2D eigenvalue weighted by atomic mass is 9.56. The highest BCUT2D eigenvalue weighted by molar-refractivity contribution is 5.85. The van der Waals surface area contributed by atoms with E-state index in [1.807, 2.05) is 0 Å². The summed E-state index contributed by atoms with van der Waals surface area (Å²) in [5, 5.41) is 0. The maximum absolute atomic E-state index is 3.67. The van der Waals surface area contributed by atoms with E-state index in [-0.39, 0.29) is 12.4 Å². The molecule has 0 aliphatic heterocycles. The van der Waals surface area contributed by atoms with Gasteiger partial charge in [-0.25, -0.2) is 4.98 Å². The lowest BCUT2D eigenvalue weighted by Crippen LogP contribution is -2.38. The van der Waals surface area contributed by atoms with Crippen molar-refractivity contribution >= 4 is 12.4 Å². The molecule has 1 aromatic heterocycles. The largest absolute Gasteiger partial charge is 0.351 e. The van der Waals surface area contributed by atoms with E-state index in [1.165, 1.54) is 23.7 Å². The summed E-state index contributed by atoms with van der Waals surface area (Å²) in [6, 6.07) is 0. The van der Waals surface area contributed by atoms with Gasteiger partial charge < -0.3 is 4.98 Å². The van der Waals surface area contributed by atoms with Gasteiger partial charge in [0, 0.05) is 12.4 Å². The molecule has 1 N–H and O–H groups in total. The highest BCUT2D eigenvalue weighted by atomic mass is 35.5. The molecule has 90 valence electrons. The van der Waals surface area contributed by atoms with E-state index in [9.17, 15) is 0 Å². The van der Waals surface area contributed by atoms with Gasteiger partial charge in [-0.05, 0) is 62.2 Å². The van der Waals surface area contributed by atoms with Gasteiger partial charge in [-0.2, -0.15) is 0 Å². The number of nitrogens with zero attached hydrogens (tertiary/aromatic N) is 1. The molecular formula is C13H21ClN2. The molecule has 0 saturated heterocycles. The van der Waals surface area contributed by atoms with E-state index in [0.717, 1.165) is 0 Å². The third kappa shape index (κ3) is 2.60. The van der Waals surface area contributed by atoms with Crippen molar-refractivity contribution in [1.82, 2.24) is 9.97 Å². The second-order valence-electron chi connectivity index (χ2n) is 5.64. The Hall–Kier alpha value is -0.500. The average molecular weight is 241 g/mol. The van der Waals surface area contributed by atoms with Gasteiger partial charge in [0.05, 0.1) is 6.33 Å². The summed E-state index contributed by atoms with van der Waals surface area (Å²) in [5.41, 5.74) is 0. The van der Waals surface area contributed by atoms with E-state index in [4.69, 9.17) is 0 Å². The normalized spacial score (nSPS) is 38.5. The van der Waals surface area contributed by atoms with E-state index >= 15 is 0 Å². The van der Waals surface area contributed by atoms with Gasteiger partial charge in [0.1, 0.15) is 0 Å². The van der Waals surface area contributed by atoms with Gasteiger partial charge >= 0.3 is 0 Å². The molecule has 0 atom stereocenters. The van der Waals surface area contributed by atoms with Crippen LogP contribution in [0.1, 0.15) is 38.5 Å². The quantitative estimate of drug-likeness (QED) is 0.737. The first-order chi connectivity index (χ1) is 7.40. The molecular weight excluding hydrogens is 220 g/mol. The summed E-state index contributed by atoms with van der Waals surface area (Å²) in [6.45, 7) is 0. The topological polar surface area (TPSA) is 28.7 Å². The van der Waals surface area contributed by atoms with Crippen LogP contribution >= 0.6 is 12.4 Å². The minimum Gasteiger partial charge on any atom is -0.351 e. The van der Waals surface area contributed by atoms with Crippen LogP contribution < -0.4 is 0 Å². The first-order valence-electron chi connectivity index (χ1n) is 6.33. The molecule has 0 unspecified atom stereocenters. The molecule has 1 heterocycles. The minimum absolute atomic E-state index is 0. The monoisotopic (exact) mass is 240 g/mol. The van der Waals surface area contributed by atoms with Gasteiger partial charge in [-0.15, -0.1) is 12.4 Å².